The normalized spacial score (nSPS) is 12.4. The minimum atomic E-state index is 0.220. The number of aromatic nitrogens is 2. The standard InChI is InChI=1S/C17H12N2O3/c20-10-13-9-19(14-4-2-1-3-5-14)18-17(13)12-6-7-15-16(8-12)22-11-21-15/h1-10H,11H2. The van der Waals surface area contributed by atoms with Crippen LogP contribution in [-0.4, -0.2) is 22.9 Å². The highest BCUT2D eigenvalue weighted by Crippen LogP contribution is 2.36. The van der Waals surface area contributed by atoms with Crippen LogP contribution in [0.15, 0.2) is 54.7 Å². The maximum Gasteiger partial charge on any atom is 0.231 e. The average Bonchev–Trinajstić information content (AvgIpc) is 3.21. The van der Waals surface area contributed by atoms with Crippen LogP contribution in [0.4, 0.5) is 0 Å². The Morgan fingerprint density at radius 3 is 2.68 bits per heavy atom. The first kappa shape index (κ1) is 12.6. The second kappa shape index (κ2) is 5.04. The van der Waals surface area contributed by atoms with Crippen LogP contribution in [0.5, 0.6) is 11.5 Å². The SMILES string of the molecule is O=Cc1cn(-c2ccccc2)nc1-c1ccc2c(c1)OCO2. The molecule has 1 aromatic heterocycles. The highest BCUT2D eigenvalue weighted by atomic mass is 16.7. The molecule has 1 aliphatic heterocycles. The van der Waals surface area contributed by atoms with Gasteiger partial charge < -0.3 is 9.47 Å². The highest BCUT2D eigenvalue weighted by Gasteiger charge is 2.17. The molecular weight excluding hydrogens is 280 g/mol. The Balaban J connectivity index is 1.81. The Morgan fingerprint density at radius 2 is 1.86 bits per heavy atom. The van der Waals surface area contributed by atoms with Crippen LogP contribution in [0.1, 0.15) is 10.4 Å². The fraction of sp³-hybridized carbons (Fsp3) is 0.0588. The lowest BCUT2D eigenvalue weighted by Crippen LogP contribution is -1.94. The molecular formula is C17H12N2O3. The monoisotopic (exact) mass is 292 g/mol. The largest absolute Gasteiger partial charge is 0.454 e. The van der Waals surface area contributed by atoms with E-state index in [0.29, 0.717) is 22.8 Å². The number of nitrogens with zero attached hydrogens (tertiary/aromatic N) is 2. The lowest BCUT2D eigenvalue weighted by Gasteiger charge is -2.01. The van der Waals surface area contributed by atoms with Crippen molar-refractivity contribution < 1.29 is 14.3 Å². The smallest absolute Gasteiger partial charge is 0.231 e. The zero-order valence-electron chi connectivity index (χ0n) is 11.6. The number of aldehydes is 1. The molecule has 0 saturated heterocycles. The maximum absolute atomic E-state index is 11.4. The molecule has 0 bridgehead atoms. The summed E-state index contributed by atoms with van der Waals surface area (Å²) in [5.74, 6) is 1.38. The number of carbonyl (C=O) groups excluding carboxylic acids is 1. The van der Waals surface area contributed by atoms with Gasteiger partial charge in [0, 0.05) is 11.8 Å². The van der Waals surface area contributed by atoms with Crippen molar-refractivity contribution in [3.63, 3.8) is 0 Å². The summed E-state index contributed by atoms with van der Waals surface area (Å²) in [4.78, 5) is 11.4. The zero-order valence-corrected chi connectivity index (χ0v) is 11.6. The lowest BCUT2D eigenvalue weighted by molar-refractivity contribution is 0.112. The van der Waals surface area contributed by atoms with E-state index in [4.69, 9.17) is 9.47 Å². The van der Waals surface area contributed by atoms with E-state index in [1.54, 1.807) is 10.9 Å². The van der Waals surface area contributed by atoms with E-state index in [2.05, 4.69) is 5.10 Å². The molecule has 2 aromatic carbocycles. The van der Waals surface area contributed by atoms with Gasteiger partial charge in [0.1, 0.15) is 5.69 Å². The highest BCUT2D eigenvalue weighted by molar-refractivity contribution is 5.86. The molecule has 22 heavy (non-hydrogen) atoms. The zero-order chi connectivity index (χ0) is 14.9. The van der Waals surface area contributed by atoms with Gasteiger partial charge in [0.15, 0.2) is 17.8 Å². The van der Waals surface area contributed by atoms with Crippen LogP contribution in [0, 0.1) is 0 Å². The first-order chi connectivity index (χ1) is 10.8. The Labute approximate surface area is 126 Å². The van der Waals surface area contributed by atoms with Crippen LogP contribution < -0.4 is 9.47 Å². The number of benzene rings is 2. The molecule has 0 N–H and O–H groups in total. The molecule has 0 fully saturated rings. The Hall–Kier alpha value is -3.08. The molecule has 0 aliphatic carbocycles. The summed E-state index contributed by atoms with van der Waals surface area (Å²) in [7, 11) is 0. The number of ether oxygens (including phenoxy) is 2. The molecule has 5 nitrogen and oxygen atoms in total. The molecule has 0 amide bonds. The van der Waals surface area contributed by atoms with Gasteiger partial charge in [0.05, 0.1) is 11.3 Å². The van der Waals surface area contributed by atoms with Crippen molar-refractivity contribution in [2.45, 2.75) is 0 Å². The summed E-state index contributed by atoms with van der Waals surface area (Å²) in [6, 6.07) is 15.2. The predicted molar refractivity (Wildman–Crippen MR) is 80.5 cm³/mol. The van der Waals surface area contributed by atoms with E-state index >= 15 is 0 Å². The maximum atomic E-state index is 11.4. The van der Waals surface area contributed by atoms with E-state index in [-0.39, 0.29) is 6.79 Å². The topological polar surface area (TPSA) is 53.4 Å². The molecule has 108 valence electrons. The van der Waals surface area contributed by atoms with Gasteiger partial charge in [-0.1, -0.05) is 18.2 Å². The van der Waals surface area contributed by atoms with Crippen LogP contribution in [0.25, 0.3) is 16.9 Å². The van der Waals surface area contributed by atoms with Crippen molar-refractivity contribution in [2.75, 3.05) is 6.79 Å². The van der Waals surface area contributed by atoms with Gasteiger partial charge >= 0.3 is 0 Å². The Bertz CT molecular complexity index is 840. The predicted octanol–water partition coefficient (Wildman–Crippen LogP) is 3.08. The summed E-state index contributed by atoms with van der Waals surface area (Å²) in [5, 5.41) is 4.54. The summed E-state index contributed by atoms with van der Waals surface area (Å²) in [5.41, 5.74) is 2.87. The number of para-hydroxylation sites is 1. The summed E-state index contributed by atoms with van der Waals surface area (Å²) in [6.45, 7) is 0.220. The Morgan fingerprint density at radius 1 is 1.05 bits per heavy atom. The Kier molecular flexibility index (Phi) is 2.89. The fourth-order valence-corrected chi connectivity index (χ4v) is 2.45. The number of hydrogen-bond acceptors (Lipinski definition) is 4. The second-order valence-electron chi connectivity index (χ2n) is 4.90. The van der Waals surface area contributed by atoms with Crippen LogP contribution >= 0.6 is 0 Å². The molecule has 0 saturated carbocycles. The quantitative estimate of drug-likeness (QED) is 0.696. The average molecular weight is 292 g/mol. The van der Waals surface area contributed by atoms with E-state index in [1.807, 2.05) is 48.5 Å². The molecule has 4 rings (SSSR count). The van der Waals surface area contributed by atoms with Crippen molar-refractivity contribution in [1.82, 2.24) is 9.78 Å². The molecule has 0 atom stereocenters. The summed E-state index contributed by atoms with van der Waals surface area (Å²) >= 11 is 0. The van der Waals surface area contributed by atoms with Gasteiger partial charge in [-0.2, -0.15) is 5.10 Å². The molecule has 1 aliphatic rings. The first-order valence-corrected chi connectivity index (χ1v) is 6.85. The number of carbonyl (C=O) groups is 1. The van der Waals surface area contributed by atoms with Crippen molar-refractivity contribution in [3.8, 4) is 28.4 Å². The number of rotatable bonds is 3. The van der Waals surface area contributed by atoms with E-state index in [9.17, 15) is 4.79 Å². The number of fused-ring (bicyclic) bond motifs is 1. The summed E-state index contributed by atoms with van der Waals surface area (Å²) < 4.78 is 12.4. The molecule has 0 spiro atoms. The van der Waals surface area contributed by atoms with Crippen molar-refractivity contribution in [3.05, 3.63) is 60.3 Å². The van der Waals surface area contributed by atoms with Crippen LogP contribution in [0.2, 0.25) is 0 Å². The minimum absolute atomic E-state index is 0.220. The third-order valence-corrected chi connectivity index (χ3v) is 3.54. The fourth-order valence-electron chi connectivity index (χ4n) is 2.45. The van der Waals surface area contributed by atoms with Gasteiger partial charge in [-0.25, -0.2) is 4.68 Å². The van der Waals surface area contributed by atoms with E-state index < -0.39 is 0 Å². The molecule has 2 heterocycles. The third-order valence-electron chi connectivity index (χ3n) is 3.54. The number of hydrogen-bond donors (Lipinski definition) is 0. The minimum Gasteiger partial charge on any atom is -0.454 e. The van der Waals surface area contributed by atoms with E-state index in [0.717, 1.165) is 17.5 Å². The van der Waals surface area contributed by atoms with Crippen LogP contribution in [-0.2, 0) is 0 Å². The second-order valence-corrected chi connectivity index (χ2v) is 4.90. The first-order valence-electron chi connectivity index (χ1n) is 6.85. The van der Waals surface area contributed by atoms with Gasteiger partial charge in [0.25, 0.3) is 0 Å². The van der Waals surface area contributed by atoms with Gasteiger partial charge in [-0.3, -0.25) is 4.79 Å². The van der Waals surface area contributed by atoms with Crippen molar-refractivity contribution in [2.24, 2.45) is 0 Å². The van der Waals surface area contributed by atoms with Gasteiger partial charge in [-0.05, 0) is 30.3 Å². The van der Waals surface area contributed by atoms with Gasteiger partial charge in [-0.15, -0.1) is 0 Å². The molecule has 5 heteroatoms. The summed E-state index contributed by atoms with van der Waals surface area (Å²) in [6.07, 6.45) is 2.54. The molecule has 3 aromatic rings. The molecule has 0 unspecified atom stereocenters. The third kappa shape index (κ3) is 2.03. The molecule has 0 radical (unpaired) electrons. The van der Waals surface area contributed by atoms with Crippen molar-refractivity contribution in [1.29, 1.82) is 0 Å². The van der Waals surface area contributed by atoms with Crippen molar-refractivity contribution >= 4 is 6.29 Å². The van der Waals surface area contributed by atoms with Gasteiger partial charge in [0.2, 0.25) is 6.79 Å². The lowest BCUT2D eigenvalue weighted by atomic mass is 10.1. The van der Waals surface area contributed by atoms with E-state index in [1.165, 1.54) is 0 Å². The van der Waals surface area contributed by atoms with Crippen LogP contribution in [0.3, 0.4) is 0 Å².